The zero-order valence-corrected chi connectivity index (χ0v) is 7.91. The Balaban J connectivity index is 2.42. The van der Waals surface area contributed by atoms with Crippen LogP contribution in [0.1, 0.15) is 0 Å². The van der Waals surface area contributed by atoms with Gasteiger partial charge in [0.1, 0.15) is 0 Å². The standard InChI is InChI=1S/C10H9BN2O2/c14-11(15)9-3-6-13-10(7-9)8-1-4-12-5-2-8/h1-7,14-15H. The Kier molecular flexibility index (Phi) is 2.76. The van der Waals surface area contributed by atoms with Crippen LogP contribution in [0.25, 0.3) is 11.3 Å². The van der Waals surface area contributed by atoms with E-state index >= 15 is 0 Å². The van der Waals surface area contributed by atoms with Crippen LogP contribution in [0.3, 0.4) is 0 Å². The Morgan fingerprint density at radius 2 is 1.73 bits per heavy atom. The van der Waals surface area contributed by atoms with Crippen LogP contribution in [0.5, 0.6) is 0 Å². The molecule has 2 rings (SSSR count). The van der Waals surface area contributed by atoms with Gasteiger partial charge in [0.25, 0.3) is 0 Å². The van der Waals surface area contributed by atoms with Gasteiger partial charge in [-0.25, -0.2) is 0 Å². The quantitative estimate of drug-likeness (QED) is 0.660. The summed E-state index contributed by atoms with van der Waals surface area (Å²) in [4.78, 5) is 8.04. The molecule has 2 heterocycles. The minimum atomic E-state index is -1.46. The predicted molar refractivity (Wildman–Crippen MR) is 57.3 cm³/mol. The summed E-state index contributed by atoms with van der Waals surface area (Å²) in [6.07, 6.45) is 4.88. The molecule has 0 amide bonds. The molecule has 2 N–H and O–H groups in total. The summed E-state index contributed by atoms with van der Waals surface area (Å²) in [5.41, 5.74) is 2.02. The highest BCUT2D eigenvalue weighted by atomic mass is 16.4. The Labute approximate surface area is 87.4 Å². The molecule has 0 aromatic carbocycles. The minimum Gasteiger partial charge on any atom is -0.423 e. The number of hydrogen-bond acceptors (Lipinski definition) is 4. The van der Waals surface area contributed by atoms with E-state index in [-0.39, 0.29) is 0 Å². The first-order chi connectivity index (χ1) is 7.27. The van der Waals surface area contributed by atoms with Crippen molar-refractivity contribution in [3.63, 3.8) is 0 Å². The second-order valence-electron chi connectivity index (χ2n) is 3.08. The Morgan fingerprint density at radius 1 is 1.00 bits per heavy atom. The summed E-state index contributed by atoms with van der Waals surface area (Å²) < 4.78 is 0. The van der Waals surface area contributed by atoms with E-state index in [1.165, 1.54) is 0 Å². The molecule has 0 saturated carbocycles. The molecule has 0 saturated heterocycles. The van der Waals surface area contributed by atoms with Crippen molar-refractivity contribution < 1.29 is 10.0 Å². The monoisotopic (exact) mass is 200 g/mol. The van der Waals surface area contributed by atoms with Crippen molar-refractivity contribution in [3.8, 4) is 11.3 Å². The molecule has 4 nitrogen and oxygen atoms in total. The normalized spacial score (nSPS) is 10.0. The van der Waals surface area contributed by atoms with Crippen LogP contribution in [-0.2, 0) is 0 Å². The van der Waals surface area contributed by atoms with E-state index in [1.807, 2.05) is 12.1 Å². The lowest BCUT2D eigenvalue weighted by atomic mass is 9.80. The lowest BCUT2D eigenvalue weighted by Crippen LogP contribution is -2.29. The Hall–Kier alpha value is -1.72. The fourth-order valence-corrected chi connectivity index (χ4v) is 1.29. The molecule has 15 heavy (non-hydrogen) atoms. The third kappa shape index (κ3) is 2.20. The van der Waals surface area contributed by atoms with Gasteiger partial charge in [0.05, 0.1) is 5.69 Å². The maximum absolute atomic E-state index is 9.01. The van der Waals surface area contributed by atoms with Gasteiger partial charge in [-0.05, 0) is 29.7 Å². The summed E-state index contributed by atoms with van der Waals surface area (Å²) in [6, 6.07) is 6.83. The van der Waals surface area contributed by atoms with Gasteiger partial charge >= 0.3 is 7.12 Å². The van der Waals surface area contributed by atoms with Crippen molar-refractivity contribution >= 4 is 12.6 Å². The molecule has 0 bridgehead atoms. The predicted octanol–water partition coefficient (Wildman–Crippen LogP) is -0.177. The van der Waals surface area contributed by atoms with E-state index in [9.17, 15) is 0 Å². The third-order valence-electron chi connectivity index (χ3n) is 2.06. The van der Waals surface area contributed by atoms with Gasteiger partial charge in [0, 0.05) is 24.2 Å². The van der Waals surface area contributed by atoms with E-state index in [0.29, 0.717) is 11.2 Å². The zero-order chi connectivity index (χ0) is 10.7. The van der Waals surface area contributed by atoms with Crippen LogP contribution in [-0.4, -0.2) is 27.1 Å². The maximum atomic E-state index is 9.01. The van der Waals surface area contributed by atoms with Crippen molar-refractivity contribution in [2.75, 3.05) is 0 Å². The first-order valence-electron chi connectivity index (χ1n) is 4.50. The largest absolute Gasteiger partial charge is 0.488 e. The highest BCUT2D eigenvalue weighted by Gasteiger charge is 2.11. The maximum Gasteiger partial charge on any atom is 0.488 e. The molecule has 2 aromatic heterocycles. The van der Waals surface area contributed by atoms with Gasteiger partial charge < -0.3 is 10.0 Å². The summed E-state index contributed by atoms with van der Waals surface area (Å²) in [6.45, 7) is 0. The summed E-state index contributed by atoms with van der Waals surface area (Å²) in [5, 5.41) is 18.0. The molecule has 0 spiro atoms. The van der Waals surface area contributed by atoms with Crippen molar-refractivity contribution in [1.82, 2.24) is 9.97 Å². The number of rotatable bonds is 2. The van der Waals surface area contributed by atoms with Crippen LogP contribution in [0, 0.1) is 0 Å². The van der Waals surface area contributed by atoms with Crippen LogP contribution >= 0.6 is 0 Å². The molecule has 5 heteroatoms. The van der Waals surface area contributed by atoms with Gasteiger partial charge in [0.15, 0.2) is 0 Å². The molecule has 0 fully saturated rings. The zero-order valence-electron chi connectivity index (χ0n) is 7.91. The van der Waals surface area contributed by atoms with Gasteiger partial charge in [-0.15, -0.1) is 0 Å². The van der Waals surface area contributed by atoms with E-state index < -0.39 is 7.12 Å². The molecule has 2 aromatic rings. The minimum absolute atomic E-state index is 0.428. The second-order valence-corrected chi connectivity index (χ2v) is 3.08. The van der Waals surface area contributed by atoms with E-state index in [1.54, 1.807) is 30.7 Å². The SMILES string of the molecule is OB(O)c1ccnc(-c2ccncc2)c1. The number of hydrogen-bond donors (Lipinski definition) is 2. The molecule has 0 radical (unpaired) electrons. The fraction of sp³-hybridized carbons (Fsp3) is 0. The third-order valence-corrected chi connectivity index (χ3v) is 2.06. The van der Waals surface area contributed by atoms with E-state index in [2.05, 4.69) is 9.97 Å². The fourth-order valence-electron chi connectivity index (χ4n) is 1.29. The number of aromatic nitrogens is 2. The van der Waals surface area contributed by atoms with E-state index in [4.69, 9.17) is 10.0 Å². The van der Waals surface area contributed by atoms with Crippen molar-refractivity contribution in [2.45, 2.75) is 0 Å². The first-order valence-corrected chi connectivity index (χ1v) is 4.50. The molecular weight excluding hydrogens is 191 g/mol. The van der Waals surface area contributed by atoms with Gasteiger partial charge in [-0.1, -0.05) is 0 Å². The first kappa shape index (κ1) is 9.83. The van der Waals surface area contributed by atoms with Crippen molar-refractivity contribution in [2.24, 2.45) is 0 Å². The van der Waals surface area contributed by atoms with Gasteiger partial charge in [0.2, 0.25) is 0 Å². The average Bonchev–Trinajstić information content (AvgIpc) is 2.30. The van der Waals surface area contributed by atoms with Gasteiger partial charge in [-0.3, -0.25) is 9.97 Å². The highest BCUT2D eigenvalue weighted by Crippen LogP contribution is 2.13. The average molecular weight is 200 g/mol. The Bertz CT molecular complexity index is 448. The molecule has 0 unspecified atom stereocenters. The van der Waals surface area contributed by atoms with Crippen LogP contribution < -0.4 is 5.46 Å². The van der Waals surface area contributed by atoms with Crippen LogP contribution in [0.2, 0.25) is 0 Å². The smallest absolute Gasteiger partial charge is 0.423 e. The van der Waals surface area contributed by atoms with Crippen LogP contribution in [0.15, 0.2) is 42.9 Å². The Morgan fingerprint density at radius 3 is 2.40 bits per heavy atom. The molecular formula is C10H9BN2O2. The molecule has 74 valence electrons. The second kappa shape index (κ2) is 4.21. The molecule has 0 atom stereocenters. The number of nitrogens with zero attached hydrogens (tertiary/aromatic N) is 2. The lowest BCUT2D eigenvalue weighted by molar-refractivity contribution is 0.425. The van der Waals surface area contributed by atoms with Crippen molar-refractivity contribution in [3.05, 3.63) is 42.9 Å². The molecule has 0 aliphatic carbocycles. The molecule has 0 aliphatic heterocycles. The topological polar surface area (TPSA) is 66.2 Å². The lowest BCUT2D eigenvalue weighted by Gasteiger charge is -2.03. The van der Waals surface area contributed by atoms with Crippen molar-refractivity contribution in [1.29, 1.82) is 0 Å². The van der Waals surface area contributed by atoms with Crippen LogP contribution in [0.4, 0.5) is 0 Å². The summed E-state index contributed by atoms with van der Waals surface area (Å²) in [5.74, 6) is 0. The number of pyridine rings is 2. The molecule has 0 aliphatic rings. The summed E-state index contributed by atoms with van der Waals surface area (Å²) in [7, 11) is -1.46. The highest BCUT2D eigenvalue weighted by molar-refractivity contribution is 6.58. The van der Waals surface area contributed by atoms with E-state index in [0.717, 1.165) is 5.56 Å². The van der Waals surface area contributed by atoms with Gasteiger partial charge in [-0.2, -0.15) is 0 Å². The summed E-state index contributed by atoms with van der Waals surface area (Å²) >= 11 is 0.